The van der Waals surface area contributed by atoms with Crippen molar-refractivity contribution in [2.24, 2.45) is 0 Å². The SMILES string of the molecule is N#C/C(=C\c1c(Oc2ccc(F)cc2)nc2ccccn2c1=O)C(=O)NC1CCCCC1. The van der Waals surface area contributed by atoms with Crippen LogP contribution in [0.5, 0.6) is 11.6 Å². The molecule has 8 heteroatoms. The van der Waals surface area contributed by atoms with Crippen molar-refractivity contribution in [2.75, 3.05) is 0 Å². The van der Waals surface area contributed by atoms with E-state index >= 15 is 0 Å². The minimum Gasteiger partial charge on any atom is -0.438 e. The highest BCUT2D eigenvalue weighted by atomic mass is 19.1. The van der Waals surface area contributed by atoms with Gasteiger partial charge in [-0.3, -0.25) is 14.0 Å². The number of nitrogens with zero attached hydrogens (tertiary/aromatic N) is 3. The molecule has 1 aliphatic rings. The van der Waals surface area contributed by atoms with Crippen molar-refractivity contribution in [3.63, 3.8) is 0 Å². The Morgan fingerprint density at radius 3 is 2.66 bits per heavy atom. The van der Waals surface area contributed by atoms with E-state index in [0.29, 0.717) is 5.65 Å². The lowest BCUT2D eigenvalue weighted by atomic mass is 9.95. The molecule has 0 saturated heterocycles. The topological polar surface area (TPSA) is 96.5 Å². The Kier molecular flexibility index (Phi) is 6.26. The van der Waals surface area contributed by atoms with E-state index in [2.05, 4.69) is 10.3 Å². The zero-order valence-electron chi connectivity index (χ0n) is 17.3. The zero-order valence-corrected chi connectivity index (χ0v) is 17.3. The summed E-state index contributed by atoms with van der Waals surface area (Å²) < 4.78 is 20.3. The van der Waals surface area contributed by atoms with E-state index in [-0.39, 0.29) is 28.8 Å². The van der Waals surface area contributed by atoms with Gasteiger partial charge in [-0.15, -0.1) is 0 Å². The van der Waals surface area contributed by atoms with Crippen LogP contribution in [-0.4, -0.2) is 21.3 Å². The molecule has 0 radical (unpaired) electrons. The first-order chi connectivity index (χ1) is 15.5. The second-order valence-electron chi connectivity index (χ2n) is 7.60. The smallest absolute Gasteiger partial charge is 0.269 e. The molecule has 3 aromatic rings. The molecule has 1 aliphatic carbocycles. The van der Waals surface area contributed by atoms with Gasteiger partial charge in [-0.1, -0.05) is 25.3 Å². The number of nitrogens with one attached hydrogen (secondary N) is 1. The van der Waals surface area contributed by atoms with Crippen LogP contribution in [0.4, 0.5) is 4.39 Å². The predicted octanol–water partition coefficient (Wildman–Crippen LogP) is 3.98. The Morgan fingerprint density at radius 1 is 1.19 bits per heavy atom. The van der Waals surface area contributed by atoms with Gasteiger partial charge < -0.3 is 10.1 Å². The number of pyridine rings is 1. The molecule has 0 atom stereocenters. The lowest BCUT2D eigenvalue weighted by Gasteiger charge is -2.22. The number of hydrogen-bond acceptors (Lipinski definition) is 5. The Hall–Kier alpha value is -3.99. The molecule has 1 N–H and O–H groups in total. The molecular formula is C24H21FN4O3. The number of fused-ring (bicyclic) bond motifs is 1. The molecule has 1 saturated carbocycles. The number of hydrogen-bond donors (Lipinski definition) is 1. The number of benzene rings is 1. The monoisotopic (exact) mass is 432 g/mol. The number of aromatic nitrogens is 2. The fraction of sp³-hybridized carbons (Fsp3) is 0.250. The summed E-state index contributed by atoms with van der Waals surface area (Å²) in [6, 6.07) is 12.2. The summed E-state index contributed by atoms with van der Waals surface area (Å²) in [6.45, 7) is 0. The number of halogens is 1. The Balaban J connectivity index is 1.75. The van der Waals surface area contributed by atoms with Crippen LogP contribution in [0.1, 0.15) is 37.7 Å². The minimum absolute atomic E-state index is 0.0127. The predicted molar refractivity (Wildman–Crippen MR) is 117 cm³/mol. The molecule has 2 heterocycles. The lowest BCUT2D eigenvalue weighted by Crippen LogP contribution is -2.36. The van der Waals surface area contributed by atoms with Gasteiger partial charge in [0.15, 0.2) is 0 Å². The standard InChI is InChI=1S/C24H21FN4O3/c25-17-9-11-19(12-10-17)32-23-20(24(31)29-13-5-4-8-21(29)28-23)14-16(15-26)22(30)27-18-6-2-1-3-7-18/h4-5,8-14,18H,1-3,6-7H2,(H,27,30)/b16-14+. The van der Waals surface area contributed by atoms with Crippen LogP contribution in [0.3, 0.4) is 0 Å². The maximum atomic E-state index is 13.3. The largest absolute Gasteiger partial charge is 0.438 e. The molecule has 1 fully saturated rings. The van der Waals surface area contributed by atoms with Crippen molar-refractivity contribution in [3.8, 4) is 17.7 Å². The summed E-state index contributed by atoms with van der Waals surface area (Å²) in [5.74, 6) is -0.788. The number of ether oxygens (including phenoxy) is 1. The lowest BCUT2D eigenvalue weighted by molar-refractivity contribution is -0.117. The van der Waals surface area contributed by atoms with Gasteiger partial charge in [-0.2, -0.15) is 10.2 Å². The zero-order chi connectivity index (χ0) is 22.5. The van der Waals surface area contributed by atoms with Crippen LogP contribution < -0.4 is 15.6 Å². The molecule has 0 bridgehead atoms. The van der Waals surface area contributed by atoms with Crippen LogP contribution in [0.25, 0.3) is 11.7 Å². The van der Waals surface area contributed by atoms with E-state index in [4.69, 9.17) is 4.74 Å². The summed E-state index contributed by atoms with van der Waals surface area (Å²) in [6.07, 6.45) is 7.66. The fourth-order valence-corrected chi connectivity index (χ4v) is 3.70. The van der Waals surface area contributed by atoms with Crippen molar-refractivity contribution < 1.29 is 13.9 Å². The molecule has 1 amide bonds. The van der Waals surface area contributed by atoms with Crippen molar-refractivity contribution in [1.82, 2.24) is 14.7 Å². The first-order valence-corrected chi connectivity index (χ1v) is 10.4. The van der Waals surface area contributed by atoms with E-state index in [1.165, 1.54) is 40.9 Å². The highest BCUT2D eigenvalue weighted by Crippen LogP contribution is 2.24. The second kappa shape index (κ2) is 9.43. The van der Waals surface area contributed by atoms with Crippen molar-refractivity contribution in [2.45, 2.75) is 38.1 Å². The van der Waals surface area contributed by atoms with Crippen LogP contribution in [0, 0.1) is 17.1 Å². The average Bonchev–Trinajstić information content (AvgIpc) is 2.81. The Labute approximate surface area is 183 Å². The van der Waals surface area contributed by atoms with Crippen LogP contribution in [-0.2, 0) is 4.79 Å². The average molecular weight is 432 g/mol. The molecular weight excluding hydrogens is 411 g/mol. The van der Waals surface area contributed by atoms with Gasteiger partial charge in [0.2, 0.25) is 5.88 Å². The van der Waals surface area contributed by atoms with Crippen molar-refractivity contribution >= 4 is 17.6 Å². The van der Waals surface area contributed by atoms with E-state index in [9.17, 15) is 19.2 Å². The fourth-order valence-electron chi connectivity index (χ4n) is 3.70. The second-order valence-corrected chi connectivity index (χ2v) is 7.60. The molecule has 0 spiro atoms. The molecule has 7 nitrogen and oxygen atoms in total. The number of rotatable bonds is 5. The first-order valence-electron chi connectivity index (χ1n) is 10.4. The van der Waals surface area contributed by atoms with Gasteiger partial charge in [-0.25, -0.2) is 4.39 Å². The summed E-state index contributed by atoms with van der Waals surface area (Å²) in [4.78, 5) is 30.2. The third kappa shape index (κ3) is 4.67. The molecule has 32 heavy (non-hydrogen) atoms. The van der Waals surface area contributed by atoms with E-state index in [1.54, 1.807) is 18.2 Å². The van der Waals surface area contributed by atoms with Crippen molar-refractivity contribution in [3.05, 3.63) is 76.0 Å². The highest BCUT2D eigenvalue weighted by molar-refractivity contribution is 6.02. The van der Waals surface area contributed by atoms with Gasteiger partial charge >= 0.3 is 0 Å². The summed E-state index contributed by atoms with van der Waals surface area (Å²) >= 11 is 0. The normalized spacial score (nSPS) is 14.7. The molecule has 1 aromatic carbocycles. The summed E-state index contributed by atoms with van der Waals surface area (Å²) in [7, 11) is 0. The number of carbonyl (C=O) groups excluding carboxylic acids is 1. The summed E-state index contributed by atoms with van der Waals surface area (Å²) in [5.41, 5.74) is -0.425. The molecule has 2 aromatic heterocycles. The molecule has 0 unspecified atom stereocenters. The molecule has 0 aliphatic heterocycles. The van der Waals surface area contributed by atoms with Crippen LogP contribution in [0.15, 0.2) is 59.0 Å². The van der Waals surface area contributed by atoms with Gasteiger partial charge in [0, 0.05) is 12.2 Å². The van der Waals surface area contributed by atoms with Gasteiger partial charge in [-0.05, 0) is 55.3 Å². The van der Waals surface area contributed by atoms with E-state index in [0.717, 1.165) is 32.1 Å². The van der Waals surface area contributed by atoms with Crippen molar-refractivity contribution in [1.29, 1.82) is 5.26 Å². The van der Waals surface area contributed by atoms with Crippen LogP contribution >= 0.6 is 0 Å². The third-order valence-corrected chi connectivity index (χ3v) is 5.36. The Morgan fingerprint density at radius 2 is 1.94 bits per heavy atom. The number of amides is 1. The third-order valence-electron chi connectivity index (χ3n) is 5.36. The first kappa shape index (κ1) is 21.2. The summed E-state index contributed by atoms with van der Waals surface area (Å²) in [5, 5.41) is 12.5. The van der Waals surface area contributed by atoms with Gasteiger partial charge in [0.25, 0.3) is 11.5 Å². The highest BCUT2D eigenvalue weighted by Gasteiger charge is 2.20. The number of nitriles is 1. The van der Waals surface area contributed by atoms with Gasteiger partial charge in [0.1, 0.15) is 34.4 Å². The maximum absolute atomic E-state index is 13.3. The Bertz CT molecular complexity index is 1270. The van der Waals surface area contributed by atoms with E-state index < -0.39 is 17.3 Å². The molecule has 162 valence electrons. The maximum Gasteiger partial charge on any atom is 0.269 e. The number of carbonyl (C=O) groups is 1. The minimum atomic E-state index is -0.537. The molecule has 4 rings (SSSR count). The van der Waals surface area contributed by atoms with Gasteiger partial charge in [0.05, 0.1) is 0 Å². The quantitative estimate of drug-likeness (QED) is 0.486. The van der Waals surface area contributed by atoms with E-state index in [1.807, 2.05) is 6.07 Å². The van der Waals surface area contributed by atoms with Crippen LogP contribution in [0.2, 0.25) is 0 Å².